The zero-order chi connectivity index (χ0) is 14.7. The summed E-state index contributed by atoms with van der Waals surface area (Å²) in [6.45, 7) is 1.89. The van der Waals surface area contributed by atoms with Gasteiger partial charge in [-0.2, -0.15) is 0 Å². The Labute approximate surface area is 123 Å². The van der Waals surface area contributed by atoms with Gasteiger partial charge in [-0.1, -0.05) is 11.2 Å². The first-order chi connectivity index (χ1) is 9.51. The van der Waals surface area contributed by atoms with Crippen LogP contribution in [0.1, 0.15) is 11.1 Å². The Balaban J connectivity index is 2.41. The van der Waals surface area contributed by atoms with Crippen molar-refractivity contribution in [3.05, 3.63) is 57.8 Å². The predicted octanol–water partition coefficient (Wildman–Crippen LogP) is 3.78. The predicted molar refractivity (Wildman–Crippen MR) is 77.9 cm³/mol. The third-order valence-corrected chi connectivity index (χ3v) is 3.25. The molecule has 0 amide bonds. The van der Waals surface area contributed by atoms with Crippen molar-refractivity contribution in [3.63, 3.8) is 0 Å². The van der Waals surface area contributed by atoms with E-state index < -0.39 is 0 Å². The Bertz CT molecular complexity index is 674. The minimum atomic E-state index is -0.377. The first-order valence-corrected chi connectivity index (χ1v) is 6.52. The van der Waals surface area contributed by atoms with Crippen molar-refractivity contribution in [2.45, 2.75) is 6.92 Å². The Morgan fingerprint density at radius 2 is 2.05 bits per heavy atom. The fraction of sp³-hybridized carbons (Fsp3) is 0.0714. The lowest BCUT2D eigenvalue weighted by molar-refractivity contribution is 0.318. The van der Waals surface area contributed by atoms with Gasteiger partial charge in [0.05, 0.1) is 10.0 Å². The van der Waals surface area contributed by atoms with Crippen molar-refractivity contribution >= 4 is 21.8 Å². The van der Waals surface area contributed by atoms with Gasteiger partial charge >= 0.3 is 0 Å². The number of nitrogens with zero attached hydrogens (tertiary/aromatic N) is 1. The summed E-state index contributed by atoms with van der Waals surface area (Å²) < 4.78 is 19.2. The van der Waals surface area contributed by atoms with Crippen LogP contribution in [0.3, 0.4) is 0 Å². The van der Waals surface area contributed by atoms with Crippen LogP contribution in [-0.4, -0.2) is 11.0 Å². The quantitative estimate of drug-likeness (QED) is 0.387. The van der Waals surface area contributed by atoms with Gasteiger partial charge < -0.3 is 15.7 Å². The zero-order valence-electron chi connectivity index (χ0n) is 10.6. The molecule has 0 bridgehead atoms. The standard InChI is InChI=1S/C14H12BrFN2O2/c1-8-2-4-10(14(17)18-19)13(6-8)20-9-3-5-12(16)11(15)7-9/h2-7,19H,1H3,(H2,17,18). The van der Waals surface area contributed by atoms with E-state index in [9.17, 15) is 4.39 Å². The number of amidine groups is 1. The summed E-state index contributed by atoms with van der Waals surface area (Å²) in [7, 11) is 0. The van der Waals surface area contributed by atoms with Gasteiger partial charge in [-0.15, -0.1) is 0 Å². The molecule has 20 heavy (non-hydrogen) atoms. The highest BCUT2D eigenvalue weighted by atomic mass is 79.9. The average Bonchev–Trinajstić information content (AvgIpc) is 2.42. The molecular formula is C14H12BrFN2O2. The van der Waals surface area contributed by atoms with E-state index in [-0.39, 0.29) is 11.7 Å². The highest BCUT2D eigenvalue weighted by Crippen LogP contribution is 2.29. The maximum absolute atomic E-state index is 13.2. The molecule has 0 saturated carbocycles. The third kappa shape index (κ3) is 3.08. The van der Waals surface area contributed by atoms with E-state index in [1.165, 1.54) is 18.2 Å². The third-order valence-electron chi connectivity index (χ3n) is 2.64. The molecule has 0 unspecified atom stereocenters. The van der Waals surface area contributed by atoms with Gasteiger partial charge in [-0.3, -0.25) is 0 Å². The molecule has 0 spiro atoms. The summed E-state index contributed by atoms with van der Waals surface area (Å²) in [4.78, 5) is 0. The lowest BCUT2D eigenvalue weighted by Crippen LogP contribution is -2.14. The van der Waals surface area contributed by atoms with Gasteiger partial charge in [0.15, 0.2) is 5.84 Å². The van der Waals surface area contributed by atoms with E-state index in [1.54, 1.807) is 12.1 Å². The molecule has 0 aliphatic heterocycles. The van der Waals surface area contributed by atoms with Gasteiger partial charge in [0.1, 0.15) is 17.3 Å². The number of halogens is 2. The number of oxime groups is 1. The van der Waals surface area contributed by atoms with Crippen molar-refractivity contribution < 1.29 is 14.3 Å². The Kier molecular flexibility index (Phi) is 4.24. The fourth-order valence-electron chi connectivity index (χ4n) is 1.65. The van der Waals surface area contributed by atoms with E-state index in [0.717, 1.165) is 5.56 Å². The number of nitrogens with two attached hydrogens (primary N) is 1. The number of ether oxygens (including phenoxy) is 1. The summed E-state index contributed by atoms with van der Waals surface area (Å²) in [6, 6.07) is 9.56. The van der Waals surface area contributed by atoms with Crippen molar-refractivity contribution in [3.8, 4) is 11.5 Å². The monoisotopic (exact) mass is 338 g/mol. The lowest BCUT2D eigenvalue weighted by Gasteiger charge is -2.11. The normalized spacial score (nSPS) is 11.4. The summed E-state index contributed by atoms with van der Waals surface area (Å²) >= 11 is 3.09. The second-order valence-electron chi connectivity index (χ2n) is 4.16. The van der Waals surface area contributed by atoms with Crippen LogP contribution >= 0.6 is 15.9 Å². The van der Waals surface area contributed by atoms with Crippen LogP contribution in [0.4, 0.5) is 4.39 Å². The molecule has 0 saturated heterocycles. The number of rotatable bonds is 3. The largest absolute Gasteiger partial charge is 0.457 e. The zero-order valence-corrected chi connectivity index (χ0v) is 12.2. The summed E-state index contributed by atoms with van der Waals surface area (Å²) in [5.74, 6) is 0.439. The maximum Gasteiger partial charge on any atom is 0.173 e. The van der Waals surface area contributed by atoms with Crippen molar-refractivity contribution in [2.24, 2.45) is 10.9 Å². The van der Waals surface area contributed by atoms with E-state index in [2.05, 4.69) is 21.1 Å². The molecular weight excluding hydrogens is 327 g/mol. The molecule has 0 aliphatic rings. The molecule has 4 nitrogen and oxygen atoms in total. The topological polar surface area (TPSA) is 67.8 Å². The number of benzene rings is 2. The molecule has 0 fully saturated rings. The highest BCUT2D eigenvalue weighted by molar-refractivity contribution is 9.10. The minimum absolute atomic E-state index is 0.0545. The van der Waals surface area contributed by atoms with Crippen LogP contribution in [0.5, 0.6) is 11.5 Å². The molecule has 0 aliphatic carbocycles. The van der Waals surface area contributed by atoms with E-state index in [1.807, 2.05) is 13.0 Å². The summed E-state index contributed by atoms with van der Waals surface area (Å²) in [6.07, 6.45) is 0. The van der Waals surface area contributed by atoms with Gasteiger partial charge in [0.25, 0.3) is 0 Å². The molecule has 3 N–H and O–H groups in total. The smallest absolute Gasteiger partial charge is 0.173 e. The number of aryl methyl sites for hydroxylation is 1. The van der Waals surface area contributed by atoms with Crippen LogP contribution < -0.4 is 10.5 Å². The SMILES string of the molecule is Cc1ccc(/C(N)=N/O)c(Oc2ccc(F)c(Br)c2)c1. The number of hydrogen-bond acceptors (Lipinski definition) is 3. The average molecular weight is 339 g/mol. The first kappa shape index (κ1) is 14.3. The Hall–Kier alpha value is -2.08. The van der Waals surface area contributed by atoms with Crippen LogP contribution in [0.25, 0.3) is 0 Å². The Morgan fingerprint density at radius 1 is 1.30 bits per heavy atom. The molecule has 0 heterocycles. The molecule has 0 aromatic heterocycles. The van der Waals surface area contributed by atoms with Crippen LogP contribution in [0.15, 0.2) is 46.0 Å². The van der Waals surface area contributed by atoms with Crippen molar-refractivity contribution in [1.82, 2.24) is 0 Å². The molecule has 2 rings (SSSR count). The van der Waals surface area contributed by atoms with Gasteiger partial charge in [0, 0.05) is 0 Å². The molecule has 0 radical (unpaired) electrons. The van der Waals surface area contributed by atoms with Gasteiger partial charge in [0.2, 0.25) is 0 Å². The first-order valence-electron chi connectivity index (χ1n) is 5.72. The van der Waals surface area contributed by atoms with E-state index in [0.29, 0.717) is 21.5 Å². The van der Waals surface area contributed by atoms with Crippen LogP contribution in [-0.2, 0) is 0 Å². The van der Waals surface area contributed by atoms with Gasteiger partial charge in [-0.05, 0) is 58.7 Å². The lowest BCUT2D eigenvalue weighted by atomic mass is 10.1. The minimum Gasteiger partial charge on any atom is -0.457 e. The van der Waals surface area contributed by atoms with Crippen LogP contribution in [0.2, 0.25) is 0 Å². The molecule has 0 atom stereocenters. The highest BCUT2D eigenvalue weighted by Gasteiger charge is 2.10. The molecule has 104 valence electrons. The Morgan fingerprint density at radius 3 is 2.70 bits per heavy atom. The van der Waals surface area contributed by atoms with Crippen molar-refractivity contribution in [1.29, 1.82) is 0 Å². The second kappa shape index (κ2) is 5.92. The number of hydrogen-bond donors (Lipinski definition) is 2. The van der Waals surface area contributed by atoms with Crippen molar-refractivity contribution in [2.75, 3.05) is 0 Å². The molecule has 2 aromatic rings. The molecule has 6 heteroatoms. The fourth-order valence-corrected chi connectivity index (χ4v) is 2.00. The van der Waals surface area contributed by atoms with E-state index >= 15 is 0 Å². The second-order valence-corrected chi connectivity index (χ2v) is 5.02. The van der Waals surface area contributed by atoms with E-state index in [4.69, 9.17) is 15.7 Å². The maximum atomic E-state index is 13.2. The van der Waals surface area contributed by atoms with Crippen LogP contribution in [0, 0.1) is 12.7 Å². The summed E-state index contributed by atoms with van der Waals surface area (Å²) in [5, 5.41) is 11.7. The summed E-state index contributed by atoms with van der Waals surface area (Å²) in [5.41, 5.74) is 7.01. The van der Waals surface area contributed by atoms with Gasteiger partial charge in [-0.25, -0.2) is 4.39 Å². The molecule has 2 aromatic carbocycles.